The summed E-state index contributed by atoms with van der Waals surface area (Å²) in [7, 11) is 0. The van der Waals surface area contributed by atoms with Gasteiger partial charge in [0.1, 0.15) is 0 Å². The van der Waals surface area contributed by atoms with Crippen LogP contribution in [0.3, 0.4) is 0 Å². The van der Waals surface area contributed by atoms with Crippen molar-refractivity contribution in [3.05, 3.63) is 12.2 Å². The second kappa shape index (κ2) is 7.27. The van der Waals surface area contributed by atoms with Crippen molar-refractivity contribution in [3.8, 4) is 0 Å². The number of rotatable bonds is 7. The largest absolute Gasteiger partial charge is 0.389 e. The molecular formula is C11H22ClNO. The van der Waals surface area contributed by atoms with Gasteiger partial charge < -0.3 is 10.4 Å². The Hall–Kier alpha value is -0.0500. The van der Waals surface area contributed by atoms with Crippen molar-refractivity contribution in [1.29, 1.82) is 0 Å². The molecule has 0 aliphatic rings. The minimum atomic E-state index is -0.608. The molecule has 0 amide bonds. The van der Waals surface area contributed by atoms with Crippen LogP contribution in [0.2, 0.25) is 0 Å². The Kier molecular flexibility index (Phi) is 7.24. The van der Waals surface area contributed by atoms with E-state index in [1.807, 2.05) is 19.1 Å². The Morgan fingerprint density at radius 3 is 2.57 bits per heavy atom. The van der Waals surface area contributed by atoms with E-state index in [-0.39, 0.29) is 0 Å². The van der Waals surface area contributed by atoms with Gasteiger partial charge in [0.2, 0.25) is 0 Å². The molecule has 1 atom stereocenters. The van der Waals surface area contributed by atoms with Crippen molar-refractivity contribution < 1.29 is 5.11 Å². The fourth-order valence-corrected chi connectivity index (χ4v) is 1.65. The summed E-state index contributed by atoms with van der Waals surface area (Å²) < 4.78 is 0. The highest BCUT2D eigenvalue weighted by Crippen LogP contribution is 2.14. The second-order valence-corrected chi connectivity index (χ2v) is 4.66. The van der Waals surface area contributed by atoms with Crippen LogP contribution in [0.25, 0.3) is 0 Å². The summed E-state index contributed by atoms with van der Waals surface area (Å²) in [5.74, 6) is 1.06. The summed E-state index contributed by atoms with van der Waals surface area (Å²) in [5.41, 5.74) is -0.608. The van der Waals surface area contributed by atoms with Crippen LogP contribution in [0.5, 0.6) is 0 Å². The number of alkyl halides is 1. The minimum Gasteiger partial charge on any atom is -0.389 e. The standard InChI is InChI=1S/C11H22ClNO/c1-10(2)8-11(3,14)9-13-7-5-4-6-12/h4-5,10,13-14H,6-9H2,1-3H3/b5-4+. The third-order valence-electron chi connectivity index (χ3n) is 1.87. The molecule has 0 heterocycles. The van der Waals surface area contributed by atoms with E-state index in [2.05, 4.69) is 19.2 Å². The monoisotopic (exact) mass is 219 g/mol. The van der Waals surface area contributed by atoms with Gasteiger partial charge in [-0.15, -0.1) is 11.6 Å². The average Bonchev–Trinajstić information content (AvgIpc) is 2.01. The third-order valence-corrected chi connectivity index (χ3v) is 2.05. The predicted molar refractivity (Wildman–Crippen MR) is 62.8 cm³/mol. The second-order valence-electron chi connectivity index (χ2n) is 4.35. The predicted octanol–water partition coefficient (Wildman–Crippen LogP) is 2.17. The number of hydrogen-bond acceptors (Lipinski definition) is 2. The molecule has 14 heavy (non-hydrogen) atoms. The van der Waals surface area contributed by atoms with Crippen molar-refractivity contribution in [1.82, 2.24) is 5.32 Å². The van der Waals surface area contributed by atoms with Gasteiger partial charge in [0.05, 0.1) is 5.60 Å². The van der Waals surface area contributed by atoms with Crippen LogP contribution in [0, 0.1) is 5.92 Å². The van der Waals surface area contributed by atoms with Crippen LogP contribution in [0.15, 0.2) is 12.2 Å². The van der Waals surface area contributed by atoms with Gasteiger partial charge >= 0.3 is 0 Å². The molecule has 0 aliphatic heterocycles. The van der Waals surface area contributed by atoms with E-state index in [1.54, 1.807) is 0 Å². The van der Waals surface area contributed by atoms with Crippen molar-refractivity contribution in [2.24, 2.45) is 5.92 Å². The number of halogens is 1. The first-order chi connectivity index (χ1) is 6.48. The highest BCUT2D eigenvalue weighted by Gasteiger charge is 2.20. The van der Waals surface area contributed by atoms with E-state index in [1.165, 1.54) is 0 Å². The van der Waals surface area contributed by atoms with Crippen LogP contribution in [0.4, 0.5) is 0 Å². The molecule has 1 unspecified atom stereocenters. The van der Waals surface area contributed by atoms with Gasteiger partial charge in [-0.25, -0.2) is 0 Å². The molecule has 3 heteroatoms. The van der Waals surface area contributed by atoms with Crippen molar-refractivity contribution >= 4 is 11.6 Å². The summed E-state index contributed by atoms with van der Waals surface area (Å²) >= 11 is 5.48. The quantitative estimate of drug-likeness (QED) is 0.391. The molecule has 0 aliphatic carbocycles. The molecule has 0 fully saturated rings. The summed E-state index contributed by atoms with van der Waals surface area (Å²) in [6, 6.07) is 0. The van der Waals surface area contributed by atoms with Gasteiger partial charge in [-0.3, -0.25) is 0 Å². The summed E-state index contributed by atoms with van der Waals surface area (Å²) in [6.45, 7) is 7.48. The van der Waals surface area contributed by atoms with Crippen LogP contribution < -0.4 is 5.32 Å². The zero-order chi connectivity index (χ0) is 11.0. The number of hydrogen-bond donors (Lipinski definition) is 2. The van der Waals surface area contributed by atoms with Gasteiger partial charge in [-0.2, -0.15) is 0 Å². The number of allylic oxidation sites excluding steroid dienone is 1. The lowest BCUT2D eigenvalue weighted by Crippen LogP contribution is -2.38. The smallest absolute Gasteiger partial charge is 0.0746 e. The highest BCUT2D eigenvalue weighted by atomic mass is 35.5. The molecule has 2 nitrogen and oxygen atoms in total. The van der Waals surface area contributed by atoms with Crippen LogP contribution >= 0.6 is 11.6 Å². The molecule has 0 aromatic rings. The molecule has 2 N–H and O–H groups in total. The first-order valence-corrected chi connectivity index (χ1v) is 5.65. The fraction of sp³-hybridized carbons (Fsp3) is 0.818. The maximum Gasteiger partial charge on any atom is 0.0746 e. The lowest BCUT2D eigenvalue weighted by Gasteiger charge is -2.25. The first kappa shape index (κ1) is 13.9. The van der Waals surface area contributed by atoms with E-state index in [0.717, 1.165) is 13.0 Å². The molecule has 0 rings (SSSR count). The van der Waals surface area contributed by atoms with Crippen LogP contribution in [-0.2, 0) is 0 Å². The molecule has 0 aromatic heterocycles. The highest BCUT2D eigenvalue weighted by molar-refractivity contribution is 6.18. The van der Waals surface area contributed by atoms with E-state index in [0.29, 0.717) is 18.3 Å². The van der Waals surface area contributed by atoms with Gasteiger partial charge in [0.25, 0.3) is 0 Å². The molecular weight excluding hydrogens is 198 g/mol. The Labute approximate surface area is 92.3 Å². The molecule has 0 spiro atoms. The van der Waals surface area contributed by atoms with E-state index in [9.17, 15) is 5.11 Å². The zero-order valence-electron chi connectivity index (χ0n) is 9.39. The first-order valence-electron chi connectivity index (χ1n) is 5.12. The Morgan fingerprint density at radius 1 is 1.43 bits per heavy atom. The molecule has 0 saturated heterocycles. The average molecular weight is 220 g/mol. The maximum absolute atomic E-state index is 9.93. The van der Waals surface area contributed by atoms with Crippen molar-refractivity contribution in [3.63, 3.8) is 0 Å². The van der Waals surface area contributed by atoms with Crippen molar-refractivity contribution in [2.45, 2.75) is 32.8 Å². The number of aliphatic hydroxyl groups is 1. The van der Waals surface area contributed by atoms with E-state index >= 15 is 0 Å². The fourth-order valence-electron chi connectivity index (χ4n) is 1.52. The summed E-state index contributed by atoms with van der Waals surface area (Å²) in [4.78, 5) is 0. The topological polar surface area (TPSA) is 32.3 Å². The van der Waals surface area contributed by atoms with Crippen LogP contribution in [0.1, 0.15) is 27.2 Å². The van der Waals surface area contributed by atoms with Gasteiger partial charge in [-0.1, -0.05) is 26.0 Å². The Balaban J connectivity index is 3.60. The van der Waals surface area contributed by atoms with E-state index < -0.39 is 5.60 Å². The van der Waals surface area contributed by atoms with E-state index in [4.69, 9.17) is 11.6 Å². The Bertz CT molecular complexity index is 167. The lowest BCUT2D eigenvalue weighted by atomic mass is 9.94. The molecule has 0 aromatic carbocycles. The lowest BCUT2D eigenvalue weighted by molar-refractivity contribution is 0.0395. The van der Waals surface area contributed by atoms with Crippen molar-refractivity contribution in [2.75, 3.05) is 19.0 Å². The van der Waals surface area contributed by atoms with Gasteiger partial charge in [-0.05, 0) is 19.3 Å². The van der Waals surface area contributed by atoms with Gasteiger partial charge in [0.15, 0.2) is 0 Å². The SMILES string of the molecule is CC(C)CC(C)(O)CNC/C=C/CCl. The molecule has 0 bridgehead atoms. The maximum atomic E-state index is 9.93. The normalized spacial score (nSPS) is 16.4. The summed E-state index contributed by atoms with van der Waals surface area (Å²) in [6.07, 6.45) is 4.68. The van der Waals surface area contributed by atoms with Gasteiger partial charge in [0, 0.05) is 19.0 Å². The Morgan fingerprint density at radius 2 is 2.07 bits per heavy atom. The molecule has 84 valence electrons. The zero-order valence-corrected chi connectivity index (χ0v) is 10.1. The molecule has 0 saturated carbocycles. The third kappa shape index (κ3) is 8.54. The molecule has 0 radical (unpaired) electrons. The minimum absolute atomic E-state index is 0.519. The summed E-state index contributed by atoms with van der Waals surface area (Å²) in [5, 5.41) is 13.1. The number of nitrogens with one attached hydrogen (secondary N) is 1. The van der Waals surface area contributed by atoms with Crippen LogP contribution in [-0.4, -0.2) is 29.7 Å².